The van der Waals surface area contributed by atoms with Gasteiger partial charge in [0.05, 0.1) is 0 Å². The molecule has 0 aliphatic carbocycles. The van der Waals surface area contributed by atoms with E-state index in [9.17, 15) is 0 Å². The zero-order valence-corrected chi connectivity index (χ0v) is 8.19. The highest BCUT2D eigenvalue weighted by molar-refractivity contribution is 7.39. The smallest absolute Gasteiger partial charge is 0.0237 e. The van der Waals surface area contributed by atoms with Crippen LogP contribution in [0, 0.1) is 0 Å². The fourth-order valence-electron chi connectivity index (χ4n) is 1.75. The lowest BCUT2D eigenvalue weighted by atomic mass is 10.1. The SMILES string of the molecule is CCC1CCCC(CC)P1. The molecule has 0 amide bonds. The number of hydrogen-bond donors (Lipinski definition) is 0. The van der Waals surface area contributed by atoms with Gasteiger partial charge in [-0.1, -0.05) is 20.3 Å². The monoisotopic (exact) mass is 158 g/mol. The minimum absolute atomic E-state index is 1.10. The fraction of sp³-hybridized carbons (Fsp3) is 1.00. The fourth-order valence-corrected chi connectivity index (χ4v) is 3.63. The van der Waals surface area contributed by atoms with Crippen molar-refractivity contribution in [3.8, 4) is 0 Å². The maximum absolute atomic E-state index is 2.34. The van der Waals surface area contributed by atoms with Gasteiger partial charge in [-0.3, -0.25) is 0 Å². The van der Waals surface area contributed by atoms with Gasteiger partial charge in [0.2, 0.25) is 0 Å². The molecule has 2 atom stereocenters. The van der Waals surface area contributed by atoms with E-state index in [4.69, 9.17) is 0 Å². The first-order valence-electron chi connectivity index (χ1n) is 4.62. The Hall–Kier alpha value is 0.430. The normalized spacial score (nSPS) is 36.6. The van der Waals surface area contributed by atoms with Crippen molar-refractivity contribution in [2.24, 2.45) is 0 Å². The molecule has 1 aliphatic rings. The van der Waals surface area contributed by atoms with E-state index in [-0.39, 0.29) is 0 Å². The first-order chi connectivity index (χ1) is 4.86. The highest BCUT2D eigenvalue weighted by atomic mass is 31.1. The van der Waals surface area contributed by atoms with Crippen LogP contribution in [-0.2, 0) is 0 Å². The molecule has 0 spiro atoms. The van der Waals surface area contributed by atoms with Gasteiger partial charge in [-0.2, -0.15) is 0 Å². The second-order valence-corrected chi connectivity index (χ2v) is 5.27. The first-order valence-corrected chi connectivity index (χ1v) is 5.78. The summed E-state index contributed by atoms with van der Waals surface area (Å²) in [4.78, 5) is 0. The van der Waals surface area contributed by atoms with Crippen molar-refractivity contribution in [2.75, 3.05) is 0 Å². The minimum atomic E-state index is 1.10. The molecule has 0 aromatic heterocycles. The average Bonchev–Trinajstić information content (AvgIpc) is 2.05. The van der Waals surface area contributed by atoms with Crippen LogP contribution in [0.4, 0.5) is 0 Å². The van der Waals surface area contributed by atoms with Crippen molar-refractivity contribution in [3.05, 3.63) is 0 Å². The van der Waals surface area contributed by atoms with Crippen LogP contribution in [0.3, 0.4) is 0 Å². The summed E-state index contributed by atoms with van der Waals surface area (Å²) in [5, 5.41) is 0. The summed E-state index contributed by atoms with van der Waals surface area (Å²) < 4.78 is 0. The highest BCUT2D eigenvalue weighted by Crippen LogP contribution is 2.40. The second-order valence-electron chi connectivity index (χ2n) is 3.31. The molecule has 0 aromatic rings. The third-order valence-electron chi connectivity index (χ3n) is 2.56. The van der Waals surface area contributed by atoms with Gasteiger partial charge in [0.15, 0.2) is 0 Å². The lowest BCUT2D eigenvalue weighted by Crippen LogP contribution is -2.13. The largest absolute Gasteiger partial charge is 0.116 e. The van der Waals surface area contributed by atoms with Gasteiger partial charge in [-0.25, -0.2) is 0 Å². The number of hydrogen-bond acceptors (Lipinski definition) is 0. The standard InChI is InChI=1S/C9H19P/c1-3-8-6-5-7-9(4-2)10-8/h8-10H,3-7H2,1-2H3. The molecule has 60 valence electrons. The Labute approximate surface area is 66.6 Å². The lowest BCUT2D eigenvalue weighted by molar-refractivity contribution is 0.578. The molecular formula is C9H19P. The van der Waals surface area contributed by atoms with E-state index >= 15 is 0 Å². The molecular weight excluding hydrogens is 139 g/mol. The zero-order valence-electron chi connectivity index (χ0n) is 7.19. The van der Waals surface area contributed by atoms with Gasteiger partial charge >= 0.3 is 0 Å². The predicted molar refractivity (Wildman–Crippen MR) is 50.3 cm³/mol. The highest BCUT2D eigenvalue weighted by Gasteiger charge is 2.18. The molecule has 1 rings (SSSR count). The van der Waals surface area contributed by atoms with Gasteiger partial charge in [-0.05, 0) is 37.0 Å². The Morgan fingerprint density at radius 3 is 2.00 bits per heavy atom. The Kier molecular flexibility index (Phi) is 3.70. The molecule has 0 aromatic carbocycles. The molecule has 0 nitrogen and oxygen atoms in total. The topological polar surface area (TPSA) is 0 Å². The van der Waals surface area contributed by atoms with Crippen molar-refractivity contribution in [1.82, 2.24) is 0 Å². The summed E-state index contributed by atoms with van der Waals surface area (Å²) in [5.41, 5.74) is 2.19. The maximum atomic E-state index is 2.34. The molecule has 1 heteroatoms. The zero-order chi connectivity index (χ0) is 7.40. The molecule has 2 unspecified atom stereocenters. The minimum Gasteiger partial charge on any atom is -0.116 e. The summed E-state index contributed by atoms with van der Waals surface area (Å²) in [6.07, 6.45) is 7.39. The van der Waals surface area contributed by atoms with Crippen molar-refractivity contribution in [2.45, 2.75) is 57.3 Å². The molecule has 1 saturated heterocycles. The van der Waals surface area contributed by atoms with Crippen LogP contribution in [0.15, 0.2) is 0 Å². The Balaban J connectivity index is 2.25. The van der Waals surface area contributed by atoms with Crippen LogP contribution in [0.5, 0.6) is 0 Å². The molecule has 0 saturated carbocycles. The van der Waals surface area contributed by atoms with Gasteiger partial charge in [0.1, 0.15) is 0 Å². The Bertz CT molecular complexity index is 80.7. The van der Waals surface area contributed by atoms with Gasteiger partial charge in [-0.15, -0.1) is 8.58 Å². The first kappa shape index (κ1) is 8.53. The van der Waals surface area contributed by atoms with Crippen molar-refractivity contribution in [3.63, 3.8) is 0 Å². The number of rotatable bonds is 2. The molecule has 1 heterocycles. The second kappa shape index (κ2) is 4.34. The van der Waals surface area contributed by atoms with Crippen LogP contribution in [-0.4, -0.2) is 11.3 Å². The molecule has 10 heavy (non-hydrogen) atoms. The van der Waals surface area contributed by atoms with E-state index in [0.29, 0.717) is 0 Å². The van der Waals surface area contributed by atoms with Gasteiger partial charge < -0.3 is 0 Å². The van der Waals surface area contributed by atoms with Crippen molar-refractivity contribution >= 4 is 8.58 Å². The van der Waals surface area contributed by atoms with Crippen LogP contribution in [0.1, 0.15) is 46.0 Å². The van der Waals surface area contributed by atoms with Gasteiger partial charge in [0.25, 0.3) is 0 Å². The van der Waals surface area contributed by atoms with E-state index < -0.39 is 0 Å². The Morgan fingerprint density at radius 1 is 1.10 bits per heavy atom. The van der Waals surface area contributed by atoms with Crippen molar-refractivity contribution in [1.29, 1.82) is 0 Å². The summed E-state index contributed by atoms with van der Waals surface area (Å²) in [6.45, 7) is 4.69. The third kappa shape index (κ3) is 2.23. The van der Waals surface area contributed by atoms with Gasteiger partial charge in [0, 0.05) is 0 Å². The van der Waals surface area contributed by atoms with E-state index in [1.807, 2.05) is 0 Å². The molecule has 0 bridgehead atoms. The van der Waals surface area contributed by atoms with E-state index in [0.717, 1.165) is 11.3 Å². The third-order valence-corrected chi connectivity index (χ3v) is 4.90. The maximum Gasteiger partial charge on any atom is -0.0237 e. The molecule has 1 aliphatic heterocycles. The van der Waals surface area contributed by atoms with Crippen LogP contribution in [0.25, 0.3) is 0 Å². The van der Waals surface area contributed by atoms with E-state index in [2.05, 4.69) is 13.8 Å². The average molecular weight is 158 g/mol. The molecule has 0 N–H and O–H groups in total. The molecule has 0 radical (unpaired) electrons. The molecule has 1 fully saturated rings. The predicted octanol–water partition coefficient (Wildman–Crippen LogP) is 3.41. The van der Waals surface area contributed by atoms with Crippen LogP contribution >= 0.6 is 8.58 Å². The quantitative estimate of drug-likeness (QED) is 0.540. The summed E-state index contributed by atoms with van der Waals surface area (Å²) in [5.74, 6) is 0. The lowest BCUT2D eigenvalue weighted by Gasteiger charge is -2.27. The van der Waals surface area contributed by atoms with Crippen LogP contribution < -0.4 is 0 Å². The summed E-state index contributed by atoms with van der Waals surface area (Å²) in [7, 11) is 1.28. The van der Waals surface area contributed by atoms with Crippen LogP contribution in [0.2, 0.25) is 0 Å². The van der Waals surface area contributed by atoms with Crippen molar-refractivity contribution < 1.29 is 0 Å². The summed E-state index contributed by atoms with van der Waals surface area (Å²) in [6, 6.07) is 0. The van der Waals surface area contributed by atoms with E-state index in [1.54, 1.807) is 0 Å². The summed E-state index contributed by atoms with van der Waals surface area (Å²) >= 11 is 0. The Morgan fingerprint density at radius 2 is 1.60 bits per heavy atom. The van der Waals surface area contributed by atoms with E-state index in [1.165, 1.54) is 40.7 Å².